The Kier molecular flexibility index (Phi) is 7.07. The van der Waals surface area contributed by atoms with Crippen LogP contribution in [0.5, 0.6) is 0 Å². The van der Waals surface area contributed by atoms with E-state index >= 15 is 0 Å². The maximum Gasteiger partial charge on any atom is 0.242 e. The molecule has 0 fully saturated rings. The Balaban J connectivity index is 2.20. The molecule has 0 radical (unpaired) electrons. The lowest BCUT2D eigenvalue weighted by molar-refractivity contribution is 0.581. The summed E-state index contributed by atoms with van der Waals surface area (Å²) in [6, 6.07) is 12.3. The zero-order chi connectivity index (χ0) is 17.6. The molecule has 0 aliphatic rings. The van der Waals surface area contributed by atoms with E-state index in [2.05, 4.69) is 17.0 Å². The predicted molar refractivity (Wildman–Crippen MR) is 98.9 cm³/mol. The van der Waals surface area contributed by atoms with Crippen molar-refractivity contribution in [3.63, 3.8) is 0 Å². The van der Waals surface area contributed by atoms with Crippen LogP contribution in [-0.4, -0.2) is 15.0 Å². The monoisotopic (exact) mass is 386 g/mol. The Morgan fingerprint density at radius 2 is 1.71 bits per heavy atom. The van der Waals surface area contributed by atoms with Crippen molar-refractivity contribution in [2.75, 3.05) is 6.54 Å². The highest BCUT2D eigenvalue weighted by molar-refractivity contribution is 7.89. The number of hydrogen-bond acceptors (Lipinski definition) is 3. The first-order valence-corrected chi connectivity index (χ1v) is 9.90. The molecule has 4 nitrogen and oxygen atoms in total. The lowest BCUT2D eigenvalue weighted by Crippen LogP contribution is -2.24. The van der Waals surface area contributed by atoms with Crippen molar-refractivity contribution in [1.82, 2.24) is 10.0 Å². The molecule has 0 spiro atoms. The number of benzene rings is 2. The summed E-state index contributed by atoms with van der Waals surface area (Å²) in [5.41, 5.74) is 1.57. The van der Waals surface area contributed by atoms with Gasteiger partial charge in [0.1, 0.15) is 4.90 Å². The number of nitrogens with one attached hydrogen (secondary N) is 2. The van der Waals surface area contributed by atoms with Gasteiger partial charge in [0.15, 0.2) is 0 Å². The fraction of sp³-hybridized carbons (Fsp3) is 0.294. The highest BCUT2D eigenvalue weighted by atomic mass is 35.5. The molecule has 0 unspecified atom stereocenters. The van der Waals surface area contributed by atoms with E-state index in [-0.39, 0.29) is 16.5 Å². The maximum absolute atomic E-state index is 12.6. The van der Waals surface area contributed by atoms with Crippen molar-refractivity contribution in [1.29, 1.82) is 0 Å². The Labute approximate surface area is 153 Å². The van der Waals surface area contributed by atoms with Gasteiger partial charge in [-0.25, -0.2) is 13.1 Å². The van der Waals surface area contributed by atoms with Crippen molar-refractivity contribution < 1.29 is 8.42 Å². The molecular weight excluding hydrogens is 367 g/mol. The molecule has 24 heavy (non-hydrogen) atoms. The highest BCUT2D eigenvalue weighted by Crippen LogP contribution is 2.28. The van der Waals surface area contributed by atoms with Crippen LogP contribution in [0.25, 0.3) is 0 Å². The third-order valence-corrected chi connectivity index (χ3v) is 5.66. The van der Waals surface area contributed by atoms with Crippen LogP contribution in [0.3, 0.4) is 0 Å². The molecule has 2 aromatic carbocycles. The smallest absolute Gasteiger partial charge is 0.242 e. The highest BCUT2D eigenvalue weighted by Gasteiger charge is 2.20. The molecule has 0 aliphatic carbocycles. The van der Waals surface area contributed by atoms with Crippen molar-refractivity contribution in [2.24, 2.45) is 0 Å². The van der Waals surface area contributed by atoms with Gasteiger partial charge >= 0.3 is 0 Å². The maximum atomic E-state index is 12.6. The first-order chi connectivity index (χ1) is 11.4. The topological polar surface area (TPSA) is 58.2 Å². The van der Waals surface area contributed by atoms with E-state index in [9.17, 15) is 8.42 Å². The lowest BCUT2D eigenvalue weighted by Gasteiger charge is -2.12. The zero-order valence-corrected chi connectivity index (χ0v) is 15.7. The minimum atomic E-state index is -3.73. The minimum Gasteiger partial charge on any atom is -0.313 e. The van der Waals surface area contributed by atoms with Gasteiger partial charge in [0, 0.05) is 18.1 Å². The van der Waals surface area contributed by atoms with Crippen molar-refractivity contribution in [3.8, 4) is 0 Å². The van der Waals surface area contributed by atoms with Crippen LogP contribution < -0.4 is 10.0 Å². The van der Waals surface area contributed by atoms with E-state index in [1.54, 1.807) is 0 Å². The van der Waals surface area contributed by atoms with Gasteiger partial charge in [-0.15, -0.1) is 0 Å². The molecule has 0 heterocycles. The summed E-state index contributed by atoms with van der Waals surface area (Å²) >= 11 is 12.3. The van der Waals surface area contributed by atoms with E-state index in [0.717, 1.165) is 18.5 Å². The second-order valence-electron chi connectivity index (χ2n) is 5.36. The first-order valence-electron chi connectivity index (χ1n) is 7.66. The van der Waals surface area contributed by atoms with Crippen molar-refractivity contribution >= 4 is 33.2 Å². The van der Waals surface area contributed by atoms with Gasteiger partial charge in [0.2, 0.25) is 10.0 Å². The molecule has 0 aliphatic heterocycles. The molecule has 2 N–H and O–H groups in total. The Hall–Kier alpha value is -1.11. The van der Waals surface area contributed by atoms with Crippen LogP contribution >= 0.6 is 23.2 Å². The minimum absolute atomic E-state index is 0.0396. The molecule has 0 bridgehead atoms. The van der Waals surface area contributed by atoms with Gasteiger partial charge in [-0.3, -0.25) is 0 Å². The first kappa shape index (κ1) is 19.2. The molecule has 2 aromatic rings. The SMILES string of the molecule is CCCNCc1cc(S(=O)(=O)NCc2ccccc2)c(Cl)cc1Cl. The summed E-state index contributed by atoms with van der Waals surface area (Å²) in [4.78, 5) is 0.0396. The van der Waals surface area contributed by atoms with Crippen molar-refractivity contribution in [3.05, 3.63) is 63.6 Å². The molecule has 0 amide bonds. The molecule has 0 atom stereocenters. The summed E-state index contributed by atoms with van der Waals surface area (Å²) in [5.74, 6) is 0. The van der Waals surface area contributed by atoms with Crippen molar-refractivity contribution in [2.45, 2.75) is 31.3 Å². The van der Waals surface area contributed by atoms with Gasteiger partial charge in [-0.1, -0.05) is 60.5 Å². The summed E-state index contributed by atoms with van der Waals surface area (Å²) in [7, 11) is -3.73. The summed E-state index contributed by atoms with van der Waals surface area (Å²) in [6.45, 7) is 3.57. The number of rotatable bonds is 8. The third-order valence-electron chi connectivity index (χ3n) is 3.44. The van der Waals surface area contributed by atoms with E-state index < -0.39 is 10.0 Å². The predicted octanol–water partition coefficient (Wildman–Crippen LogP) is 3.97. The number of sulfonamides is 1. The molecule has 0 saturated carbocycles. The lowest BCUT2D eigenvalue weighted by atomic mass is 10.2. The van der Waals surface area contributed by atoms with E-state index in [1.807, 2.05) is 30.3 Å². The van der Waals surface area contributed by atoms with Gasteiger partial charge in [0.25, 0.3) is 0 Å². The molecule has 0 saturated heterocycles. The van der Waals surface area contributed by atoms with Crippen LogP contribution in [0.4, 0.5) is 0 Å². The Morgan fingerprint density at radius 3 is 2.38 bits per heavy atom. The molecule has 7 heteroatoms. The standard InChI is InChI=1S/C17H20Cl2N2O2S/c1-2-8-20-12-14-9-17(16(19)10-15(14)18)24(22,23)21-11-13-6-4-3-5-7-13/h3-7,9-10,20-21H,2,8,11-12H2,1H3. The molecule has 130 valence electrons. The summed E-state index contributed by atoms with van der Waals surface area (Å²) in [5, 5.41) is 3.77. The summed E-state index contributed by atoms with van der Waals surface area (Å²) < 4.78 is 27.7. The summed E-state index contributed by atoms with van der Waals surface area (Å²) in [6.07, 6.45) is 0.981. The average Bonchev–Trinajstić information content (AvgIpc) is 2.56. The van der Waals surface area contributed by atoms with Crippen LogP contribution in [0.15, 0.2) is 47.4 Å². The average molecular weight is 387 g/mol. The van der Waals surface area contributed by atoms with Gasteiger partial charge in [0.05, 0.1) is 5.02 Å². The van der Waals surface area contributed by atoms with E-state index in [0.29, 0.717) is 17.1 Å². The third kappa shape index (κ3) is 5.19. The quantitative estimate of drug-likeness (QED) is 0.674. The Bertz CT molecular complexity index is 781. The van der Waals surface area contributed by atoms with Crippen LogP contribution in [-0.2, 0) is 23.1 Å². The zero-order valence-electron chi connectivity index (χ0n) is 13.4. The number of hydrogen-bond donors (Lipinski definition) is 2. The van der Waals surface area contributed by atoms with E-state index in [1.165, 1.54) is 12.1 Å². The van der Waals surface area contributed by atoms with Gasteiger partial charge < -0.3 is 5.32 Å². The second kappa shape index (κ2) is 8.83. The van der Waals surface area contributed by atoms with Crippen LogP contribution in [0.1, 0.15) is 24.5 Å². The second-order valence-corrected chi connectivity index (χ2v) is 7.91. The van der Waals surface area contributed by atoms with Crippen LogP contribution in [0, 0.1) is 0 Å². The molecular formula is C17H20Cl2N2O2S. The van der Waals surface area contributed by atoms with Gasteiger partial charge in [-0.2, -0.15) is 0 Å². The normalized spacial score (nSPS) is 11.6. The fourth-order valence-corrected chi connectivity index (χ4v) is 4.04. The van der Waals surface area contributed by atoms with Crippen LogP contribution in [0.2, 0.25) is 10.0 Å². The van der Waals surface area contributed by atoms with Gasteiger partial charge in [-0.05, 0) is 36.2 Å². The number of halogens is 2. The Morgan fingerprint density at radius 1 is 1.00 bits per heavy atom. The van der Waals surface area contributed by atoms with E-state index in [4.69, 9.17) is 23.2 Å². The molecule has 2 rings (SSSR count). The largest absolute Gasteiger partial charge is 0.313 e. The fourth-order valence-electron chi connectivity index (χ4n) is 2.16. The molecule has 0 aromatic heterocycles.